The summed E-state index contributed by atoms with van der Waals surface area (Å²) in [4.78, 5) is 6.57. The lowest BCUT2D eigenvalue weighted by Gasteiger charge is -2.26. The molecule has 7 heteroatoms. The summed E-state index contributed by atoms with van der Waals surface area (Å²) in [5, 5.41) is 0.598. The van der Waals surface area contributed by atoms with Crippen molar-refractivity contribution in [2.24, 2.45) is 0 Å². The second kappa shape index (κ2) is 11.8. The molecule has 0 aliphatic carbocycles. The maximum atomic E-state index is 13.1. The number of hydrogen-bond donors (Lipinski definition) is 1. The van der Waals surface area contributed by atoms with Crippen LogP contribution >= 0.6 is 11.6 Å². The van der Waals surface area contributed by atoms with Crippen LogP contribution in [0.15, 0.2) is 77.7 Å². The Morgan fingerprint density at radius 1 is 0.967 bits per heavy atom. The van der Waals surface area contributed by atoms with E-state index in [1.54, 1.807) is 18.2 Å². The van der Waals surface area contributed by atoms with Crippen molar-refractivity contribution in [3.63, 3.8) is 0 Å². The van der Waals surface area contributed by atoms with E-state index in [0.29, 0.717) is 9.92 Å². The summed E-state index contributed by atoms with van der Waals surface area (Å²) in [5.74, 6) is -0.395. The van der Waals surface area contributed by atoms with Gasteiger partial charge in [-0.25, -0.2) is 9.19 Å². The number of likely N-dealkylation sites (tertiary alicyclic amines) is 1. The molecule has 1 fully saturated rings. The van der Waals surface area contributed by atoms with Gasteiger partial charge in [-0.2, -0.15) is 4.39 Å². The predicted molar refractivity (Wildman–Crippen MR) is 121 cm³/mol. The number of aromatic nitrogens is 1. The van der Waals surface area contributed by atoms with Crippen LogP contribution in [0.1, 0.15) is 24.8 Å². The first-order valence-electron chi connectivity index (χ1n) is 9.93. The Kier molecular flexibility index (Phi) is 8.81. The molecule has 1 unspecified atom stereocenters. The second-order valence-electron chi connectivity index (χ2n) is 6.96. The highest BCUT2D eigenvalue weighted by Gasteiger charge is 2.14. The number of halogens is 2. The lowest BCUT2D eigenvalue weighted by molar-refractivity contribution is 0.221. The summed E-state index contributed by atoms with van der Waals surface area (Å²) in [6, 6.07) is 21.7. The number of benzene rings is 2. The fraction of sp³-hybridized carbons (Fsp3) is 0.261. The fourth-order valence-electron chi connectivity index (χ4n) is 3.13. The summed E-state index contributed by atoms with van der Waals surface area (Å²) < 4.78 is 28.1. The van der Waals surface area contributed by atoms with Gasteiger partial charge in [0.1, 0.15) is 5.82 Å². The van der Waals surface area contributed by atoms with Crippen LogP contribution in [0.5, 0.6) is 0 Å². The average Bonchev–Trinajstić information content (AvgIpc) is 2.77. The van der Waals surface area contributed by atoms with Crippen LogP contribution in [0, 0.1) is 5.95 Å². The van der Waals surface area contributed by atoms with Crippen LogP contribution < -0.4 is 4.72 Å². The summed E-state index contributed by atoms with van der Waals surface area (Å²) in [6.07, 6.45) is 3.75. The molecule has 0 amide bonds. The molecule has 3 aromatic rings. The van der Waals surface area contributed by atoms with E-state index in [2.05, 4.69) is 14.6 Å². The van der Waals surface area contributed by atoms with E-state index < -0.39 is 16.9 Å². The standard InChI is InChI=1S/C17H19ClFN3OS.C6H6/c18-15-11-14(24(23)21-17-6-4-5-16(19)20-17)8-7-13(15)12-22-9-2-1-3-10-22;1-2-4-6-5-3-1/h4-8,11H,1-3,9-10,12H2,(H,20,21);1-6H. The zero-order chi connectivity index (χ0) is 21.2. The predicted octanol–water partition coefficient (Wildman–Crippen LogP) is 5.68. The van der Waals surface area contributed by atoms with E-state index in [0.717, 1.165) is 25.2 Å². The first kappa shape index (κ1) is 22.4. The van der Waals surface area contributed by atoms with Gasteiger partial charge >= 0.3 is 0 Å². The maximum Gasteiger partial charge on any atom is 0.214 e. The Hall–Kier alpha value is -2.28. The van der Waals surface area contributed by atoms with Gasteiger partial charge < -0.3 is 0 Å². The molecule has 1 saturated heterocycles. The molecule has 0 radical (unpaired) electrons. The monoisotopic (exact) mass is 445 g/mol. The molecule has 0 spiro atoms. The van der Waals surface area contributed by atoms with Crippen LogP contribution in [0.2, 0.25) is 5.02 Å². The van der Waals surface area contributed by atoms with Gasteiger partial charge in [0.25, 0.3) is 0 Å². The van der Waals surface area contributed by atoms with E-state index >= 15 is 0 Å². The maximum absolute atomic E-state index is 13.1. The minimum atomic E-state index is -1.55. The molecule has 1 aromatic heterocycles. The summed E-state index contributed by atoms with van der Waals surface area (Å²) in [7, 11) is -1.55. The van der Waals surface area contributed by atoms with Crippen molar-refractivity contribution in [1.29, 1.82) is 0 Å². The molecule has 2 heterocycles. The molecular weight excluding hydrogens is 421 g/mol. The first-order chi connectivity index (χ1) is 14.6. The molecule has 0 bridgehead atoms. The van der Waals surface area contributed by atoms with Crippen molar-refractivity contribution in [3.8, 4) is 0 Å². The van der Waals surface area contributed by atoms with Crippen molar-refractivity contribution in [2.45, 2.75) is 30.7 Å². The molecule has 1 atom stereocenters. The molecule has 4 rings (SSSR count). The van der Waals surface area contributed by atoms with Gasteiger partial charge in [-0.05, 0) is 55.8 Å². The van der Waals surface area contributed by atoms with Gasteiger partial charge in [-0.15, -0.1) is 0 Å². The van der Waals surface area contributed by atoms with Crippen LogP contribution in [-0.4, -0.2) is 27.2 Å². The molecule has 0 saturated carbocycles. The third kappa shape index (κ3) is 7.20. The number of piperidine rings is 1. The van der Waals surface area contributed by atoms with E-state index in [-0.39, 0.29) is 5.82 Å². The Balaban J connectivity index is 0.000000367. The van der Waals surface area contributed by atoms with Gasteiger partial charge in [0.2, 0.25) is 5.95 Å². The minimum absolute atomic E-state index is 0.224. The SMILES string of the molecule is O=S(Nc1cccc(F)n1)c1ccc(CN2CCCCC2)c(Cl)c1.c1ccccc1. The molecule has 1 aliphatic heterocycles. The first-order valence-corrected chi connectivity index (χ1v) is 11.5. The van der Waals surface area contributed by atoms with E-state index in [1.165, 1.54) is 31.4 Å². The van der Waals surface area contributed by atoms with Crippen molar-refractivity contribution < 1.29 is 8.60 Å². The lowest BCUT2D eigenvalue weighted by Crippen LogP contribution is -2.29. The number of nitrogens with zero attached hydrogens (tertiary/aromatic N) is 2. The van der Waals surface area contributed by atoms with Crippen LogP contribution in [0.25, 0.3) is 0 Å². The second-order valence-corrected chi connectivity index (χ2v) is 8.58. The van der Waals surface area contributed by atoms with E-state index in [4.69, 9.17) is 11.6 Å². The number of pyridine rings is 1. The van der Waals surface area contributed by atoms with Gasteiger partial charge in [-0.1, -0.05) is 66.6 Å². The van der Waals surface area contributed by atoms with Gasteiger partial charge in [-0.3, -0.25) is 9.62 Å². The van der Waals surface area contributed by atoms with E-state index in [9.17, 15) is 8.60 Å². The molecule has 158 valence electrons. The molecular formula is C23H25ClFN3OS. The number of nitrogens with one attached hydrogen (secondary N) is 1. The van der Waals surface area contributed by atoms with Crippen molar-refractivity contribution in [1.82, 2.24) is 9.88 Å². The summed E-state index contributed by atoms with van der Waals surface area (Å²) in [5.41, 5.74) is 1.03. The van der Waals surface area contributed by atoms with Gasteiger partial charge in [0, 0.05) is 11.6 Å². The fourth-order valence-corrected chi connectivity index (χ4v) is 4.28. The third-order valence-electron chi connectivity index (χ3n) is 4.66. The van der Waals surface area contributed by atoms with Gasteiger partial charge in [0.05, 0.1) is 4.90 Å². The van der Waals surface area contributed by atoms with Crippen molar-refractivity contribution >= 4 is 28.4 Å². The third-order valence-corrected chi connectivity index (χ3v) is 6.09. The Labute approximate surface area is 184 Å². The molecule has 4 nitrogen and oxygen atoms in total. The van der Waals surface area contributed by atoms with Crippen LogP contribution in [0.4, 0.5) is 10.2 Å². The highest BCUT2D eigenvalue weighted by Crippen LogP contribution is 2.23. The average molecular weight is 446 g/mol. The smallest absolute Gasteiger partial charge is 0.214 e. The molecule has 30 heavy (non-hydrogen) atoms. The van der Waals surface area contributed by atoms with Gasteiger partial charge in [0.15, 0.2) is 11.0 Å². The zero-order valence-electron chi connectivity index (χ0n) is 16.6. The van der Waals surface area contributed by atoms with Crippen molar-refractivity contribution in [2.75, 3.05) is 17.8 Å². The molecule has 1 N–H and O–H groups in total. The highest BCUT2D eigenvalue weighted by molar-refractivity contribution is 7.86. The van der Waals surface area contributed by atoms with Crippen molar-refractivity contribution in [3.05, 3.63) is 89.3 Å². The number of rotatable bonds is 5. The Morgan fingerprint density at radius 3 is 2.23 bits per heavy atom. The highest BCUT2D eigenvalue weighted by atomic mass is 35.5. The van der Waals surface area contributed by atoms with E-state index in [1.807, 2.05) is 42.5 Å². The minimum Gasteiger partial charge on any atom is -0.299 e. The lowest BCUT2D eigenvalue weighted by atomic mass is 10.1. The molecule has 1 aliphatic rings. The summed E-state index contributed by atoms with van der Waals surface area (Å²) in [6.45, 7) is 3.00. The number of anilines is 1. The quantitative estimate of drug-likeness (QED) is 0.514. The number of hydrogen-bond acceptors (Lipinski definition) is 3. The zero-order valence-corrected chi connectivity index (χ0v) is 18.2. The Bertz CT molecular complexity index is 925. The largest absolute Gasteiger partial charge is 0.299 e. The summed E-state index contributed by atoms with van der Waals surface area (Å²) >= 11 is 6.36. The van der Waals surface area contributed by atoms with Crippen LogP contribution in [-0.2, 0) is 17.5 Å². The topological polar surface area (TPSA) is 45.2 Å². The molecule has 2 aromatic carbocycles. The van der Waals surface area contributed by atoms with Crippen LogP contribution in [0.3, 0.4) is 0 Å². The Morgan fingerprint density at radius 2 is 1.63 bits per heavy atom. The normalized spacial score (nSPS) is 15.0.